The summed E-state index contributed by atoms with van der Waals surface area (Å²) in [6.45, 7) is -0.266. The Morgan fingerprint density at radius 1 is 1.12 bits per heavy atom. The van der Waals surface area contributed by atoms with Crippen molar-refractivity contribution in [1.29, 1.82) is 0 Å². The Labute approximate surface area is 152 Å². The molecule has 0 saturated carbocycles. The van der Waals surface area contributed by atoms with Crippen LogP contribution >= 0.6 is 11.6 Å². The minimum absolute atomic E-state index is 0.0841. The van der Waals surface area contributed by atoms with E-state index in [0.29, 0.717) is 11.3 Å². The summed E-state index contributed by atoms with van der Waals surface area (Å²) in [5.41, 5.74) is -0.561. The zero-order valence-electron chi connectivity index (χ0n) is 13.5. The Morgan fingerprint density at radius 2 is 1.77 bits per heavy atom. The lowest BCUT2D eigenvalue weighted by Crippen LogP contribution is -2.23. The summed E-state index contributed by atoms with van der Waals surface area (Å²) in [6.07, 6.45) is -4.65. The number of esters is 1. The van der Waals surface area contributed by atoms with Gasteiger partial charge in [0.25, 0.3) is 0 Å². The molecule has 0 saturated heterocycles. The van der Waals surface area contributed by atoms with Gasteiger partial charge in [-0.1, -0.05) is 11.6 Å². The molecular weight excluding hydrogens is 373 g/mol. The highest BCUT2D eigenvalue weighted by atomic mass is 35.5. The monoisotopic (exact) mass is 386 g/mol. The lowest BCUT2D eigenvalue weighted by Gasteiger charge is -2.14. The Hall–Kier alpha value is -2.74. The number of hydrogen-bond acceptors (Lipinski definition) is 4. The number of hydrogen-bond donors (Lipinski definition) is 2. The molecular formula is C17H14ClF3N2O3. The normalized spacial score (nSPS) is 11.0. The Morgan fingerprint density at radius 3 is 2.35 bits per heavy atom. The van der Waals surface area contributed by atoms with Crippen LogP contribution in [0.5, 0.6) is 0 Å². The lowest BCUT2D eigenvalue weighted by atomic mass is 10.1. The first-order chi connectivity index (χ1) is 12.2. The number of nitrogens with one attached hydrogen (secondary N) is 2. The van der Waals surface area contributed by atoms with Crippen LogP contribution in [0.15, 0.2) is 42.5 Å². The van der Waals surface area contributed by atoms with Gasteiger partial charge in [-0.15, -0.1) is 0 Å². The van der Waals surface area contributed by atoms with Crippen LogP contribution in [0.2, 0.25) is 5.02 Å². The number of methoxy groups -OCH3 is 1. The molecule has 2 aromatic carbocycles. The highest BCUT2D eigenvalue weighted by molar-refractivity contribution is 6.30. The highest BCUT2D eigenvalue weighted by Crippen LogP contribution is 2.36. The molecule has 1 amide bonds. The van der Waals surface area contributed by atoms with E-state index in [4.69, 9.17) is 11.6 Å². The second-order valence-corrected chi connectivity index (χ2v) is 5.59. The van der Waals surface area contributed by atoms with Crippen LogP contribution in [0.3, 0.4) is 0 Å². The van der Waals surface area contributed by atoms with Gasteiger partial charge in [0.1, 0.15) is 0 Å². The Kier molecular flexibility index (Phi) is 6.10. The average molecular weight is 387 g/mol. The standard InChI is InChI=1S/C17H14ClF3N2O3/c1-26-16(25)10-2-5-12(6-3-10)22-9-15(24)23-14-7-4-11(18)8-13(14)17(19,20)21/h2-8,22H,9H2,1H3,(H,23,24). The van der Waals surface area contributed by atoms with Crippen molar-refractivity contribution in [1.82, 2.24) is 0 Å². The van der Waals surface area contributed by atoms with Crippen LogP contribution in [-0.2, 0) is 15.7 Å². The van der Waals surface area contributed by atoms with Crippen molar-refractivity contribution in [3.63, 3.8) is 0 Å². The largest absolute Gasteiger partial charge is 0.465 e. The molecule has 0 radical (unpaired) electrons. The molecule has 9 heteroatoms. The Balaban J connectivity index is 2.00. The molecule has 26 heavy (non-hydrogen) atoms. The third-order valence-corrected chi connectivity index (χ3v) is 3.56. The summed E-state index contributed by atoms with van der Waals surface area (Å²) in [5.74, 6) is -1.17. The third-order valence-electron chi connectivity index (χ3n) is 3.32. The van der Waals surface area contributed by atoms with Crippen molar-refractivity contribution in [3.05, 3.63) is 58.6 Å². The van der Waals surface area contributed by atoms with Crippen molar-refractivity contribution >= 4 is 34.9 Å². The average Bonchev–Trinajstić information content (AvgIpc) is 2.60. The van der Waals surface area contributed by atoms with Gasteiger partial charge in [0.15, 0.2) is 0 Å². The summed E-state index contributed by atoms with van der Waals surface area (Å²) < 4.78 is 43.6. The van der Waals surface area contributed by atoms with Crippen LogP contribution in [0.1, 0.15) is 15.9 Å². The molecule has 0 aliphatic heterocycles. The van der Waals surface area contributed by atoms with Crippen molar-refractivity contribution in [2.24, 2.45) is 0 Å². The van der Waals surface area contributed by atoms with Crippen LogP contribution < -0.4 is 10.6 Å². The quantitative estimate of drug-likeness (QED) is 0.756. The number of halogens is 4. The van der Waals surface area contributed by atoms with E-state index in [1.165, 1.54) is 25.3 Å². The number of carbonyl (C=O) groups is 2. The molecule has 5 nitrogen and oxygen atoms in total. The number of alkyl halides is 3. The molecule has 2 rings (SSSR count). The molecule has 138 valence electrons. The maximum Gasteiger partial charge on any atom is 0.418 e. The molecule has 2 N–H and O–H groups in total. The molecule has 0 heterocycles. The minimum atomic E-state index is -4.65. The predicted molar refractivity (Wildman–Crippen MR) is 91.4 cm³/mol. The van der Waals surface area contributed by atoms with E-state index in [-0.39, 0.29) is 17.3 Å². The SMILES string of the molecule is COC(=O)c1ccc(NCC(=O)Nc2ccc(Cl)cc2C(F)(F)F)cc1. The molecule has 0 aliphatic rings. The topological polar surface area (TPSA) is 67.4 Å². The van der Waals surface area contributed by atoms with Crippen LogP contribution in [0.25, 0.3) is 0 Å². The lowest BCUT2D eigenvalue weighted by molar-refractivity contribution is -0.137. The predicted octanol–water partition coefficient (Wildman–Crippen LogP) is 4.20. The van der Waals surface area contributed by atoms with E-state index in [1.807, 2.05) is 0 Å². The maximum atomic E-state index is 13.0. The second kappa shape index (κ2) is 8.09. The van der Waals surface area contributed by atoms with Gasteiger partial charge in [-0.05, 0) is 42.5 Å². The van der Waals surface area contributed by atoms with Crippen molar-refractivity contribution in [2.75, 3.05) is 24.3 Å². The fourth-order valence-corrected chi connectivity index (χ4v) is 2.25. The third kappa shape index (κ3) is 5.13. The highest BCUT2D eigenvalue weighted by Gasteiger charge is 2.34. The molecule has 0 atom stereocenters. The number of amides is 1. The number of rotatable bonds is 5. The van der Waals surface area contributed by atoms with Gasteiger partial charge in [-0.25, -0.2) is 4.79 Å². The summed E-state index contributed by atoms with van der Waals surface area (Å²) in [6, 6.07) is 9.17. The molecule has 2 aromatic rings. The van der Waals surface area contributed by atoms with Crippen LogP contribution in [0, 0.1) is 0 Å². The summed E-state index contributed by atoms with van der Waals surface area (Å²) >= 11 is 5.59. The fraction of sp³-hybridized carbons (Fsp3) is 0.176. The molecule has 0 spiro atoms. The van der Waals surface area contributed by atoms with Crippen LogP contribution in [0.4, 0.5) is 24.5 Å². The zero-order chi connectivity index (χ0) is 19.3. The zero-order valence-corrected chi connectivity index (χ0v) is 14.2. The first-order valence-corrected chi connectivity index (χ1v) is 7.67. The summed E-state index contributed by atoms with van der Waals surface area (Å²) in [7, 11) is 1.25. The number of benzene rings is 2. The van der Waals surface area contributed by atoms with Gasteiger partial charge >= 0.3 is 12.1 Å². The van der Waals surface area contributed by atoms with E-state index in [1.54, 1.807) is 12.1 Å². The van der Waals surface area contributed by atoms with E-state index in [0.717, 1.165) is 12.1 Å². The van der Waals surface area contributed by atoms with Gasteiger partial charge in [0.05, 0.1) is 30.5 Å². The van der Waals surface area contributed by atoms with Gasteiger partial charge in [-0.3, -0.25) is 4.79 Å². The fourth-order valence-electron chi connectivity index (χ4n) is 2.08. The smallest absolute Gasteiger partial charge is 0.418 e. The maximum absolute atomic E-state index is 13.0. The van der Waals surface area contributed by atoms with Gasteiger partial charge in [0.2, 0.25) is 5.91 Å². The second-order valence-electron chi connectivity index (χ2n) is 5.16. The number of carbonyl (C=O) groups excluding carboxylic acids is 2. The first kappa shape index (κ1) is 19.6. The minimum Gasteiger partial charge on any atom is -0.465 e. The number of ether oxygens (including phenoxy) is 1. The Bertz CT molecular complexity index is 808. The van der Waals surface area contributed by atoms with Gasteiger partial charge in [0, 0.05) is 10.7 Å². The van der Waals surface area contributed by atoms with E-state index in [9.17, 15) is 22.8 Å². The van der Waals surface area contributed by atoms with E-state index in [2.05, 4.69) is 15.4 Å². The molecule has 0 aromatic heterocycles. The summed E-state index contributed by atoms with van der Waals surface area (Å²) in [4.78, 5) is 23.2. The summed E-state index contributed by atoms with van der Waals surface area (Å²) in [5, 5.41) is 4.86. The van der Waals surface area contributed by atoms with Crippen molar-refractivity contribution in [3.8, 4) is 0 Å². The van der Waals surface area contributed by atoms with Crippen molar-refractivity contribution in [2.45, 2.75) is 6.18 Å². The van der Waals surface area contributed by atoms with E-state index >= 15 is 0 Å². The van der Waals surface area contributed by atoms with Crippen LogP contribution in [-0.4, -0.2) is 25.5 Å². The van der Waals surface area contributed by atoms with Gasteiger partial charge < -0.3 is 15.4 Å². The number of anilines is 2. The molecule has 0 aliphatic carbocycles. The van der Waals surface area contributed by atoms with Crippen molar-refractivity contribution < 1.29 is 27.5 Å². The molecule has 0 fully saturated rings. The first-order valence-electron chi connectivity index (χ1n) is 7.29. The van der Waals surface area contributed by atoms with E-state index < -0.39 is 23.6 Å². The molecule has 0 bridgehead atoms. The molecule has 0 unspecified atom stereocenters. The van der Waals surface area contributed by atoms with Gasteiger partial charge in [-0.2, -0.15) is 13.2 Å².